The van der Waals surface area contributed by atoms with E-state index in [9.17, 15) is 19.5 Å². The molecule has 1 saturated heterocycles. The van der Waals surface area contributed by atoms with E-state index in [2.05, 4.69) is 11.0 Å². The van der Waals surface area contributed by atoms with Crippen molar-refractivity contribution < 1.29 is 29.0 Å². The number of ketones is 1. The fourth-order valence-electron chi connectivity index (χ4n) is 5.00. The first kappa shape index (κ1) is 29.6. The van der Waals surface area contributed by atoms with Crippen molar-refractivity contribution in [2.75, 3.05) is 33.3 Å². The Kier molecular flexibility index (Phi) is 9.57. The maximum absolute atomic E-state index is 13.4. The van der Waals surface area contributed by atoms with Crippen molar-refractivity contribution in [3.05, 3.63) is 106 Å². The van der Waals surface area contributed by atoms with Crippen molar-refractivity contribution in [2.24, 2.45) is 0 Å². The molecule has 41 heavy (non-hydrogen) atoms. The topological polar surface area (TPSA) is 96.4 Å². The van der Waals surface area contributed by atoms with Crippen molar-refractivity contribution in [1.29, 1.82) is 0 Å². The van der Waals surface area contributed by atoms with Crippen LogP contribution in [0.2, 0.25) is 0 Å². The summed E-state index contributed by atoms with van der Waals surface area (Å²) in [5, 5.41) is 11.4. The highest BCUT2D eigenvalue weighted by molar-refractivity contribution is 6.46. The van der Waals surface area contributed by atoms with Gasteiger partial charge in [-0.3, -0.25) is 9.59 Å². The molecule has 3 aromatic rings. The largest absolute Gasteiger partial charge is 0.507 e. The molecule has 0 spiro atoms. The van der Waals surface area contributed by atoms with Crippen LogP contribution in [0.5, 0.6) is 5.75 Å². The van der Waals surface area contributed by atoms with Crippen LogP contribution in [0.15, 0.2) is 78.4 Å². The summed E-state index contributed by atoms with van der Waals surface area (Å²) in [6.07, 6.45) is 0. The zero-order chi connectivity index (χ0) is 29.5. The van der Waals surface area contributed by atoms with E-state index >= 15 is 0 Å². The third-order valence-corrected chi connectivity index (χ3v) is 7.35. The number of likely N-dealkylation sites (N-methyl/N-ethyl adjacent to an activating group) is 1. The molecular weight excluding hydrogens is 520 g/mol. The van der Waals surface area contributed by atoms with Gasteiger partial charge in [0.1, 0.15) is 18.1 Å². The van der Waals surface area contributed by atoms with Crippen LogP contribution in [0.1, 0.15) is 52.5 Å². The average molecular weight is 557 g/mol. The van der Waals surface area contributed by atoms with E-state index in [0.717, 1.165) is 24.2 Å². The zero-order valence-electron chi connectivity index (χ0n) is 23.9. The first-order chi connectivity index (χ1) is 19.8. The number of amides is 1. The molecule has 0 aromatic heterocycles. The highest BCUT2D eigenvalue weighted by Crippen LogP contribution is 2.39. The van der Waals surface area contributed by atoms with Crippen molar-refractivity contribution in [3.8, 4) is 5.75 Å². The second kappa shape index (κ2) is 13.3. The summed E-state index contributed by atoms with van der Waals surface area (Å²) in [5.41, 5.74) is 3.54. The Morgan fingerprint density at radius 2 is 1.61 bits per heavy atom. The van der Waals surface area contributed by atoms with Gasteiger partial charge in [0, 0.05) is 18.7 Å². The predicted octanol–water partition coefficient (Wildman–Crippen LogP) is 5.12. The summed E-state index contributed by atoms with van der Waals surface area (Å²) < 4.78 is 10.7. The number of rotatable bonds is 11. The van der Waals surface area contributed by atoms with Gasteiger partial charge in [-0.2, -0.15) is 0 Å². The molecule has 0 aliphatic carbocycles. The van der Waals surface area contributed by atoms with Gasteiger partial charge >= 0.3 is 5.97 Å². The maximum Gasteiger partial charge on any atom is 0.337 e. The Bertz CT molecular complexity index is 1420. The molecule has 4 rings (SSSR count). The van der Waals surface area contributed by atoms with Gasteiger partial charge in [0.2, 0.25) is 0 Å². The van der Waals surface area contributed by atoms with E-state index < -0.39 is 23.7 Å². The molecule has 1 fully saturated rings. The quantitative estimate of drug-likeness (QED) is 0.152. The Balaban J connectivity index is 1.66. The van der Waals surface area contributed by atoms with Crippen LogP contribution in [0.25, 0.3) is 5.76 Å². The number of carbonyl (C=O) groups is 3. The number of hydrogen-bond acceptors (Lipinski definition) is 7. The average Bonchev–Trinajstić information content (AvgIpc) is 3.25. The molecule has 1 aliphatic heterocycles. The van der Waals surface area contributed by atoms with Gasteiger partial charge in [-0.1, -0.05) is 55.8 Å². The van der Waals surface area contributed by atoms with Crippen LogP contribution in [0.3, 0.4) is 0 Å². The Morgan fingerprint density at radius 3 is 2.22 bits per heavy atom. The summed E-state index contributed by atoms with van der Waals surface area (Å²) >= 11 is 0. The van der Waals surface area contributed by atoms with E-state index in [0.29, 0.717) is 42.1 Å². The molecule has 1 amide bonds. The first-order valence-electron chi connectivity index (χ1n) is 13.7. The lowest BCUT2D eigenvalue weighted by Gasteiger charge is -2.28. The van der Waals surface area contributed by atoms with Crippen LogP contribution in [0, 0.1) is 6.92 Å². The van der Waals surface area contributed by atoms with Crippen molar-refractivity contribution >= 4 is 23.4 Å². The normalized spacial score (nSPS) is 16.3. The number of benzene rings is 3. The van der Waals surface area contributed by atoms with Gasteiger partial charge in [0.05, 0.1) is 24.3 Å². The third-order valence-electron chi connectivity index (χ3n) is 7.35. The number of aliphatic hydroxyl groups excluding tert-OH is 1. The number of likely N-dealkylation sites (tertiary alicyclic amines) is 1. The lowest BCUT2D eigenvalue weighted by molar-refractivity contribution is -0.140. The van der Waals surface area contributed by atoms with Crippen molar-refractivity contribution in [1.82, 2.24) is 9.80 Å². The highest BCUT2D eigenvalue weighted by atomic mass is 16.5. The number of aryl methyl sites for hydroxylation is 1. The minimum absolute atomic E-state index is 0.00814. The molecule has 1 N–H and O–H groups in total. The number of aliphatic hydroxyl groups is 1. The third kappa shape index (κ3) is 6.66. The highest BCUT2D eigenvalue weighted by Gasteiger charge is 2.46. The van der Waals surface area contributed by atoms with Gasteiger partial charge < -0.3 is 24.4 Å². The SMILES string of the molecule is CCN(CC)CCN1C(=O)C(=O)/C(=C(/O)c2ccc(OCc3cccc(C)c3)cc2)C1c1ccc(C(=O)OC)cc1. The fourth-order valence-corrected chi connectivity index (χ4v) is 5.00. The van der Waals surface area contributed by atoms with Gasteiger partial charge in [-0.15, -0.1) is 0 Å². The van der Waals surface area contributed by atoms with E-state index in [4.69, 9.17) is 9.47 Å². The molecule has 3 aromatic carbocycles. The van der Waals surface area contributed by atoms with Gasteiger partial charge in [-0.25, -0.2) is 4.79 Å². The second-order valence-corrected chi connectivity index (χ2v) is 9.94. The minimum Gasteiger partial charge on any atom is -0.507 e. The summed E-state index contributed by atoms with van der Waals surface area (Å²) in [6, 6.07) is 20.6. The monoisotopic (exact) mass is 556 g/mol. The summed E-state index contributed by atoms with van der Waals surface area (Å²) in [7, 11) is 1.30. The minimum atomic E-state index is -0.811. The van der Waals surface area contributed by atoms with Crippen molar-refractivity contribution in [3.63, 3.8) is 0 Å². The lowest BCUT2D eigenvalue weighted by atomic mass is 9.94. The fraction of sp³-hybridized carbons (Fsp3) is 0.303. The van der Waals surface area contributed by atoms with E-state index in [1.54, 1.807) is 48.5 Å². The summed E-state index contributed by atoms with van der Waals surface area (Å²) in [5.74, 6) is -1.56. The Hall–Kier alpha value is -4.43. The van der Waals surface area contributed by atoms with Crippen LogP contribution in [0.4, 0.5) is 0 Å². The van der Waals surface area contributed by atoms with Gasteiger partial charge in [0.25, 0.3) is 11.7 Å². The molecule has 8 heteroatoms. The van der Waals surface area contributed by atoms with E-state index in [1.165, 1.54) is 12.0 Å². The molecule has 1 unspecified atom stereocenters. The molecule has 214 valence electrons. The molecule has 8 nitrogen and oxygen atoms in total. The smallest absolute Gasteiger partial charge is 0.337 e. The van der Waals surface area contributed by atoms with Gasteiger partial charge in [0.15, 0.2) is 0 Å². The second-order valence-electron chi connectivity index (χ2n) is 9.94. The van der Waals surface area contributed by atoms with Crippen LogP contribution < -0.4 is 4.74 Å². The zero-order valence-corrected chi connectivity index (χ0v) is 23.9. The number of Topliss-reactive ketones (excluding diaryl/α,β-unsaturated/α-hetero) is 1. The van der Waals surface area contributed by atoms with Crippen LogP contribution in [-0.4, -0.2) is 65.9 Å². The molecular formula is C33H36N2O6. The number of ether oxygens (including phenoxy) is 2. The predicted molar refractivity (Wildman–Crippen MR) is 157 cm³/mol. The summed E-state index contributed by atoms with van der Waals surface area (Å²) in [4.78, 5) is 42.3. The first-order valence-corrected chi connectivity index (χ1v) is 13.7. The molecule has 0 bridgehead atoms. The molecule has 0 radical (unpaired) electrons. The number of nitrogens with zero attached hydrogens (tertiary/aromatic N) is 2. The van der Waals surface area contributed by atoms with E-state index in [-0.39, 0.29) is 11.3 Å². The standard InChI is InChI=1S/C33H36N2O6/c1-5-34(6-2)18-19-35-29(24-10-12-26(13-11-24)33(39)40-4)28(31(37)32(35)38)30(36)25-14-16-27(17-15-25)41-21-23-9-7-8-22(3)20-23/h7-17,20,29,36H,5-6,18-19,21H2,1-4H3/b30-28+. The van der Waals surface area contributed by atoms with E-state index in [1.807, 2.05) is 39.0 Å². The number of methoxy groups -OCH3 is 1. The molecule has 0 saturated carbocycles. The lowest BCUT2D eigenvalue weighted by Crippen LogP contribution is -2.38. The molecule has 1 atom stereocenters. The summed E-state index contributed by atoms with van der Waals surface area (Å²) in [6.45, 7) is 8.97. The van der Waals surface area contributed by atoms with Crippen molar-refractivity contribution in [2.45, 2.75) is 33.4 Å². The number of carbonyl (C=O) groups excluding carboxylic acids is 3. The van der Waals surface area contributed by atoms with Crippen LogP contribution >= 0.6 is 0 Å². The molecule has 1 aliphatic rings. The maximum atomic E-state index is 13.4. The van der Waals surface area contributed by atoms with Crippen LogP contribution in [-0.2, 0) is 20.9 Å². The Morgan fingerprint density at radius 1 is 0.951 bits per heavy atom. The Labute approximate surface area is 240 Å². The number of esters is 1. The molecule has 1 heterocycles. The number of hydrogen-bond donors (Lipinski definition) is 1. The van der Waals surface area contributed by atoms with Gasteiger partial charge in [-0.05, 0) is 67.5 Å².